The van der Waals surface area contributed by atoms with Crippen molar-refractivity contribution in [3.05, 3.63) is 46.1 Å². The van der Waals surface area contributed by atoms with Crippen LogP contribution in [0.4, 0.5) is 18.0 Å². The van der Waals surface area contributed by atoms with Crippen LogP contribution in [0.3, 0.4) is 0 Å². The third-order valence-electron chi connectivity index (χ3n) is 8.53. The van der Waals surface area contributed by atoms with Gasteiger partial charge in [-0.15, -0.1) is 11.3 Å². The Labute approximate surface area is 260 Å². The second kappa shape index (κ2) is 10.2. The number of halogens is 3. The van der Waals surface area contributed by atoms with Gasteiger partial charge in [0.2, 0.25) is 11.8 Å². The summed E-state index contributed by atoms with van der Waals surface area (Å²) in [6.07, 6.45) is -3.87. The summed E-state index contributed by atoms with van der Waals surface area (Å²) in [4.78, 5) is 63.3. The van der Waals surface area contributed by atoms with Gasteiger partial charge in [0.05, 0.1) is 45.9 Å². The van der Waals surface area contributed by atoms with Crippen molar-refractivity contribution in [2.45, 2.75) is 65.9 Å². The first-order valence-corrected chi connectivity index (χ1v) is 15.3. The Morgan fingerprint density at radius 1 is 1.11 bits per heavy atom. The summed E-state index contributed by atoms with van der Waals surface area (Å²) in [6.45, 7) is 10.8. The summed E-state index contributed by atoms with van der Waals surface area (Å²) < 4.78 is 47.6. The maximum absolute atomic E-state index is 13.9. The van der Waals surface area contributed by atoms with Crippen LogP contribution in [0.25, 0.3) is 21.5 Å². The van der Waals surface area contributed by atoms with E-state index < -0.39 is 35.5 Å². The van der Waals surface area contributed by atoms with E-state index in [2.05, 4.69) is 15.3 Å². The molecule has 1 aliphatic carbocycles. The lowest BCUT2D eigenvalue weighted by molar-refractivity contribution is -0.144. The predicted molar refractivity (Wildman–Crippen MR) is 158 cm³/mol. The first kappa shape index (κ1) is 30.9. The number of aryl methyl sites for hydroxylation is 1. The van der Waals surface area contributed by atoms with Crippen molar-refractivity contribution in [1.29, 1.82) is 0 Å². The van der Waals surface area contributed by atoms with E-state index in [1.165, 1.54) is 40.3 Å². The fourth-order valence-electron chi connectivity index (χ4n) is 6.17. The van der Waals surface area contributed by atoms with Crippen molar-refractivity contribution in [2.24, 2.45) is 17.3 Å². The number of carbonyl (C=O) groups is 4. The summed E-state index contributed by atoms with van der Waals surface area (Å²) in [5.74, 6) is -1.75. The topological polar surface area (TPSA) is 122 Å². The fourth-order valence-corrected chi connectivity index (χ4v) is 7.29. The molecule has 1 N–H and O–H groups in total. The molecule has 2 atom stereocenters. The van der Waals surface area contributed by atoms with Crippen molar-refractivity contribution >= 4 is 45.4 Å². The average molecular weight is 644 g/mol. The van der Waals surface area contributed by atoms with E-state index in [-0.39, 0.29) is 71.1 Å². The van der Waals surface area contributed by atoms with Gasteiger partial charge >= 0.3 is 12.3 Å². The highest BCUT2D eigenvalue weighted by Crippen LogP contribution is 2.63. The first-order valence-electron chi connectivity index (χ1n) is 14.5. The number of imide groups is 1. The van der Waals surface area contributed by atoms with Gasteiger partial charge in [0, 0.05) is 29.7 Å². The van der Waals surface area contributed by atoms with Crippen LogP contribution >= 0.6 is 11.3 Å². The second-order valence-corrected chi connectivity index (χ2v) is 14.6. The number of carbonyl (C=O) groups excluding carboxylic acids is 4. The number of amides is 4. The molecule has 0 radical (unpaired) electrons. The Bertz CT molecular complexity index is 1750. The van der Waals surface area contributed by atoms with Gasteiger partial charge in [-0.2, -0.15) is 13.2 Å². The van der Waals surface area contributed by atoms with Crippen LogP contribution in [0.2, 0.25) is 0 Å². The SMILES string of the molecule is Cc1cc(C(F)(F)F)nc(-c2ccnc3cc(CN4C(=O)C5C(C4=O)C5(C)C)sc23)c1C(=O)NC1CN(C(=O)OC(C)(C)C)C1. The Kier molecular flexibility index (Phi) is 7.03. The Morgan fingerprint density at radius 3 is 2.36 bits per heavy atom. The molecule has 45 heavy (non-hydrogen) atoms. The first-order chi connectivity index (χ1) is 20.9. The molecule has 3 aliphatic rings. The Balaban J connectivity index is 1.30. The fraction of sp³-hybridized carbons (Fsp3) is 0.484. The summed E-state index contributed by atoms with van der Waals surface area (Å²) in [6, 6.07) is 3.59. The van der Waals surface area contributed by atoms with Crippen LogP contribution in [0, 0.1) is 24.2 Å². The minimum atomic E-state index is -4.77. The van der Waals surface area contributed by atoms with Gasteiger partial charge in [0.1, 0.15) is 11.3 Å². The van der Waals surface area contributed by atoms with E-state index in [0.717, 1.165) is 6.07 Å². The molecule has 4 amide bonds. The van der Waals surface area contributed by atoms with Crippen LogP contribution in [0.5, 0.6) is 0 Å². The zero-order chi connectivity index (χ0) is 32.8. The maximum atomic E-state index is 13.9. The number of thiophene rings is 1. The summed E-state index contributed by atoms with van der Waals surface area (Å²) in [5, 5.41) is 2.81. The van der Waals surface area contributed by atoms with Crippen LogP contribution in [0.15, 0.2) is 24.4 Å². The zero-order valence-corrected chi connectivity index (χ0v) is 26.4. The lowest BCUT2D eigenvalue weighted by Crippen LogP contribution is -2.61. The number of hydrogen-bond acceptors (Lipinski definition) is 8. The smallest absolute Gasteiger partial charge is 0.433 e. The molecule has 0 bridgehead atoms. The van der Waals surface area contributed by atoms with Gasteiger partial charge < -0.3 is 15.0 Å². The highest BCUT2D eigenvalue weighted by atomic mass is 32.1. The molecule has 3 fully saturated rings. The molecule has 2 unspecified atom stereocenters. The lowest BCUT2D eigenvalue weighted by atomic mass is 9.99. The monoisotopic (exact) mass is 643 g/mol. The molecule has 6 rings (SSSR count). The second-order valence-electron chi connectivity index (χ2n) is 13.4. The van der Waals surface area contributed by atoms with Gasteiger partial charge in [-0.1, -0.05) is 13.8 Å². The molecular formula is C31H32F3N5O5S. The average Bonchev–Trinajstić information content (AvgIpc) is 3.13. The van der Waals surface area contributed by atoms with E-state index in [1.807, 2.05) is 13.8 Å². The molecule has 3 aromatic heterocycles. The van der Waals surface area contributed by atoms with E-state index >= 15 is 0 Å². The third kappa shape index (κ3) is 5.42. The molecule has 0 spiro atoms. The van der Waals surface area contributed by atoms with Crippen LogP contribution in [-0.4, -0.2) is 68.3 Å². The number of fused-ring (bicyclic) bond motifs is 2. The summed E-state index contributed by atoms with van der Waals surface area (Å²) >= 11 is 1.18. The molecule has 10 nitrogen and oxygen atoms in total. The number of likely N-dealkylation sites (tertiary alicyclic amines) is 2. The highest BCUT2D eigenvalue weighted by molar-refractivity contribution is 7.19. The van der Waals surface area contributed by atoms with E-state index in [1.54, 1.807) is 26.8 Å². The molecule has 2 aliphatic heterocycles. The van der Waals surface area contributed by atoms with E-state index in [0.29, 0.717) is 15.1 Å². The number of aromatic nitrogens is 2. The predicted octanol–water partition coefficient (Wildman–Crippen LogP) is 5.18. The molecule has 2 saturated heterocycles. The van der Waals surface area contributed by atoms with Crippen molar-refractivity contribution in [1.82, 2.24) is 25.1 Å². The zero-order valence-electron chi connectivity index (χ0n) is 25.5. The minimum absolute atomic E-state index is 0.0272. The van der Waals surface area contributed by atoms with E-state index in [4.69, 9.17) is 4.74 Å². The Morgan fingerprint density at radius 2 is 1.76 bits per heavy atom. The number of nitrogens with zero attached hydrogens (tertiary/aromatic N) is 4. The third-order valence-corrected chi connectivity index (χ3v) is 9.67. The number of hydrogen-bond donors (Lipinski definition) is 1. The standard InChI is InChI=1S/C31H32F3N5O5S/c1-14-9-19(31(32,33)34)37-23(20(14)25(40)36-15-11-38(12-15)28(43)44-29(2,3)4)17-7-8-35-18-10-16(45-24(17)18)13-39-26(41)21-22(27(39)42)30(21,5)6/h7-10,15,21-22H,11-13H2,1-6H3,(H,36,40). The molecule has 5 heterocycles. The molecule has 1 saturated carbocycles. The molecule has 0 aromatic carbocycles. The van der Waals surface area contributed by atoms with Crippen molar-refractivity contribution in [3.63, 3.8) is 0 Å². The number of alkyl halides is 3. The minimum Gasteiger partial charge on any atom is -0.444 e. The van der Waals surface area contributed by atoms with Gasteiger partial charge in [-0.25, -0.2) is 9.78 Å². The number of ether oxygens (including phenoxy) is 1. The number of pyridine rings is 2. The quantitative estimate of drug-likeness (QED) is 0.381. The Hall–Kier alpha value is -4.07. The largest absolute Gasteiger partial charge is 0.444 e. The number of piperidine rings is 1. The summed E-state index contributed by atoms with van der Waals surface area (Å²) in [7, 11) is 0. The van der Waals surface area contributed by atoms with Gasteiger partial charge in [-0.05, 0) is 56.9 Å². The normalized spacial score (nSPS) is 21.2. The highest BCUT2D eigenvalue weighted by Gasteiger charge is 2.72. The van der Waals surface area contributed by atoms with Crippen LogP contribution < -0.4 is 5.32 Å². The molecular weight excluding hydrogens is 611 g/mol. The van der Waals surface area contributed by atoms with Gasteiger partial charge in [-0.3, -0.25) is 24.3 Å². The van der Waals surface area contributed by atoms with Crippen LogP contribution in [0.1, 0.15) is 61.1 Å². The molecule has 3 aromatic rings. The lowest BCUT2D eigenvalue weighted by Gasteiger charge is -2.40. The van der Waals surface area contributed by atoms with Crippen LogP contribution in [-0.2, 0) is 27.0 Å². The van der Waals surface area contributed by atoms with Gasteiger partial charge in [0.15, 0.2) is 0 Å². The number of rotatable bonds is 5. The van der Waals surface area contributed by atoms with E-state index in [9.17, 15) is 32.3 Å². The van der Waals surface area contributed by atoms with Crippen molar-refractivity contribution in [2.75, 3.05) is 13.1 Å². The summed E-state index contributed by atoms with van der Waals surface area (Å²) in [5.41, 5.74) is -1.61. The maximum Gasteiger partial charge on any atom is 0.433 e. The number of nitrogens with one attached hydrogen (secondary N) is 1. The van der Waals surface area contributed by atoms with Crippen molar-refractivity contribution < 1.29 is 37.1 Å². The molecule has 14 heteroatoms. The van der Waals surface area contributed by atoms with Crippen molar-refractivity contribution in [3.8, 4) is 11.3 Å². The van der Waals surface area contributed by atoms with Gasteiger partial charge in [0.25, 0.3) is 5.91 Å². The molecule has 238 valence electrons.